The smallest absolute Gasteiger partial charge is 0.332 e. The molecule has 0 radical (unpaired) electrons. The lowest BCUT2D eigenvalue weighted by molar-refractivity contribution is -0.159. The number of carbonyl (C=O) groups excluding carboxylic acids is 3. The number of hydrogen-bond acceptors (Lipinski definition) is 3. The van der Waals surface area contributed by atoms with Crippen molar-refractivity contribution in [3.8, 4) is 0 Å². The molecule has 0 aromatic rings. The summed E-state index contributed by atoms with van der Waals surface area (Å²) < 4.78 is 37.1. The van der Waals surface area contributed by atoms with E-state index in [4.69, 9.17) is 0 Å². The van der Waals surface area contributed by atoms with Gasteiger partial charge < -0.3 is 9.80 Å². The zero-order valence-corrected chi connectivity index (χ0v) is 11.1. The maximum Gasteiger partial charge on any atom is 0.406 e. The molecule has 0 N–H and O–H groups in total. The molecule has 3 aliphatic heterocycles. The summed E-state index contributed by atoms with van der Waals surface area (Å²) in [6.07, 6.45) is -3.14. The maximum absolute atomic E-state index is 12.4. The van der Waals surface area contributed by atoms with Gasteiger partial charge in [0.25, 0.3) is 5.91 Å². The van der Waals surface area contributed by atoms with Crippen molar-refractivity contribution in [1.29, 1.82) is 0 Å². The van der Waals surface area contributed by atoms with Crippen molar-refractivity contribution >= 4 is 17.8 Å². The van der Waals surface area contributed by atoms with Crippen LogP contribution in [0.3, 0.4) is 0 Å². The van der Waals surface area contributed by atoms with Gasteiger partial charge in [-0.2, -0.15) is 13.2 Å². The van der Waals surface area contributed by atoms with Gasteiger partial charge in [-0.05, 0) is 19.3 Å². The van der Waals surface area contributed by atoms with E-state index >= 15 is 0 Å². The quantitative estimate of drug-likeness (QED) is 0.701. The molecule has 6 nitrogen and oxygen atoms in total. The predicted molar refractivity (Wildman–Crippen MR) is 63.0 cm³/mol. The van der Waals surface area contributed by atoms with Crippen molar-refractivity contribution < 1.29 is 27.6 Å². The number of alkyl halides is 3. The van der Waals surface area contributed by atoms with Crippen LogP contribution < -0.4 is 0 Å². The number of fused-ring (bicyclic) bond motifs is 1. The minimum Gasteiger partial charge on any atom is -0.332 e. The molecule has 0 saturated carbocycles. The third kappa shape index (κ3) is 2.24. The Kier molecular flexibility index (Phi) is 3.10. The molecule has 0 aromatic heterocycles. The largest absolute Gasteiger partial charge is 0.406 e. The van der Waals surface area contributed by atoms with E-state index in [2.05, 4.69) is 0 Å². The van der Waals surface area contributed by atoms with Crippen LogP contribution in [0.1, 0.15) is 19.3 Å². The average molecular weight is 305 g/mol. The Labute approximate surface area is 118 Å². The summed E-state index contributed by atoms with van der Waals surface area (Å²) in [5.41, 5.74) is 0. The molecular formula is C12H14F3N3O3. The van der Waals surface area contributed by atoms with Gasteiger partial charge in [-0.1, -0.05) is 0 Å². The lowest BCUT2D eigenvalue weighted by Gasteiger charge is -2.22. The number of hydrogen-bond donors (Lipinski definition) is 0. The number of carbonyl (C=O) groups is 3. The van der Waals surface area contributed by atoms with E-state index < -0.39 is 42.7 Å². The highest BCUT2D eigenvalue weighted by molar-refractivity contribution is 6.08. The van der Waals surface area contributed by atoms with Crippen molar-refractivity contribution in [3.05, 3.63) is 0 Å². The Morgan fingerprint density at radius 2 is 1.71 bits per heavy atom. The second-order valence-corrected chi connectivity index (χ2v) is 5.52. The standard InChI is InChI=1S/C12H14F3N3O3/c13-12(14,15)6-16-5-3-8(9(16)19)18-10(20)7-2-1-4-17(7)11(18)21/h7-8H,1-6H2/t7-,8+/m1/s1. The van der Waals surface area contributed by atoms with E-state index in [0.717, 1.165) is 11.3 Å². The number of rotatable bonds is 2. The molecule has 3 saturated heterocycles. The lowest BCUT2D eigenvalue weighted by Crippen LogP contribution is -2.47. The SMILES string of the molecule is O=C1[C@@H](N2C(=O)[C@H]3CCCN3C2=O)CCN1CC(F)(F)F. The Bertz CT molecular complexity index is 486. The third-order valence-electron chi connectivity index (χ3n) is 4.18. The Morgan fingerprint density at radius 1 is 1.00 bits per heavy atom. The fourth-order valence-corrected chi connectivity index (χ4v) is 3.27. The van der Waals surface area contributed by atoms with Crippen LogP contribution in [0.15, 0.2) is 0 Å². The van der Waals surface area contributed by atoms with Crippen LogP contribution in [0.25, 0.3) is 0 Å². The maximum atomic E-state index is 12.4. The lowest BCUT2D eigenvalue weighted by atomic mass is 10.1. The summed E-state index contributed by atoms with van der Waals surface area (Å²) in [5.74, 6) is -1.25. The predicted octanol–water partition coefficient (Wildman–Crippen LogP) is 0.576. The third-order valence-corrected chi connectivity index (χ3v) is 4.18. The number of amides is 4. The monoisotopic (exact) mass is 305 g/mol. The molecule has 3 heterocycles. The Balaban J connectivity index is 1.75. The fraction of sp³-hybridized carbons (Fsp3) is 0.750. The van der Waals surface area contributed by atoms with E-state index in [-0.39, 0.29) is 13.0 Å². The highest BCUT2D eigenvalue weighted by Gasteiger charge is 2.53. The van der Waals surface area contributed by atoms with Crippen LogP contribution >= 0.6 is 0 Å². The van der Waals surface area contributed by atoms with Gasteiger partial charge in [-0.25, -0.2) is 9.69 Å². The van der Waals surface area contributed by atoms with Gasteiger partial charge in [0.1, 0.15) is 18.6 Å². The second-order valence-electron chi connectivity index (χ2n) is 5.52. The van der Waals surface area contributed by atoms with Gasteiger partial charge in [-0.15, -0.1) is 0 Å². The van der Waals surface area contributed by atoms with Crippen molar-refractivity contribution in [2.75, 3.05) is 19.6 Å². The van der Waals surface area contributed by atoms with Crippen molar-refractivity contribution in [2.45, 2.75) is 37.5 Å². The molecule has 0 bridgehead atoms. The number of urea groups is 1. The fourth-order valence-electron chi connectivity index (χ4n) is 3.27. The first-order valence-electron chi connectivity index (χ1n) is 6.79. The molecule has 2 atom stereocenters. The minimum atomic E-state index is -4.48. The molecule has 3 aliphatic rings. The average Bonchev–Trinajstić information content (AvgIpc) is 3.02. The van der Waals surface area contributed by atoms with E-state index in [0.29, 0.717) is 17.9 Å². The number of nitrogens with zero attached hydrogens (tertiary/aromatic N) is 3. The van der Waals surface area contributed by atoms with Crippen molar-refractivity contribution in [1.82, 2.24) is 14.7 Å². The van der Waals surface area contributed by atoms with E-state index in [9.17, 15) is 27.6 Å². The van der Waals surface area contributed by atoms with Crippen LogP contribution in [-0.4, -0.2) is 70.4 Å². The van der Waals surface area contributed by atoms with Crippen LogP contribution in [0.2, 0.25) is 0 Å². The molecule has 0 unspecified atom stereocenters. The highest BCUT2D eigenvalue weighted by atomic mass is 19.4. The van der Waals surface area contributed by atoms with Gasteiger partial charge in [0.15, 0.2) is 0 Å². The number of likely N-dealkylation sites (tertiary alicyclic amines) is 1. The molecule has 0 spiro atoms. The van der Waals surface area contributed by atoms with Crippen molar-refractivity contribution in [3.63, 3.8) is 0 Å². The first-order valence-corrected chi connectivity index (χ1v) is 6.79. The van der Waals surface area contributed by atoms with Gasteiger partial charge in [-0.3, -0.25) is 9.59 Å². The van der Waals surface area contributed by atoms with Crippen LogP contribution in [0.5, 0.6) is 0 Å². The van der Waals surface area contributed by atoms with E-state index in [1.54, 1.807) is 0 Å². The van der Waals surface area contributed by atoms with Crippen LogP contribution in [0, 0.1) is 0 Å². The van der Waals surface area contributed by atoms with E-state index in [1.807, 2.05) is 0 Å². The molecule has 9 heteroatoms. The van der Waals surface area contributed by atoms with Crippen LogP contribution in [0.4, 0.5) is 18.0 Å². The molecule has 3 rings (SSSR count). The van der Waals surface area contributed by atoms with Gasteiger partial charge >= 0.3 is 12.2 Å². The summed E-state index contributed by atoms with van der Waals surface area (Å²) in [4.78, 5) is 39.3. The molecular weight excluding hydrogens is 291 g/mol. The Morgan fingerprint density at radius 3 is 2.33 bits per heavy atom. The first-order chi connectivity index (χ1) is 9.79. The first kappa shape index (κ1) is 14.2. The van der Waals surface area contributed by atoms with Gasteiger partial charge in [0.05, 0.1) is 0 Å². The van der Waals surface area contributed by atoms with Gasteiger partial charge in [0.2, 0.25) is 5.91 Å². The number of imide groups is 1. The molecule has 0 aliphatic carbocycles. The minimum absolute atomic E-state index is 0.0625. The molecule has 4 amide bonds. The Hall–Kier alpha value is -1.80. The molecule has 116 valence electrons. The summed E-state index contributed by atoms with van der Waals surface area (Å²) >= 11 is 0. The summed E-state index contributed by atoms with van der Waals surface area (Å²) in [7, 11) is 0. The number of halogens is 3. The van der Waals surface area contributed by atoms with Crippen LogP contribution in [-0.2, 0) is 9.59 Å². The summed E-state index contributed by atoms with van der Waals surface area (Å²) in [6.45, 7) is -0.977. The van der Waals surface area contributed by atoms with Gasteiger partial charge in [0, 0.05) is 13.1 Å². The zero-order valence-electron chi connectivity index (χ0n) is 11.1. The molecule has 0 aromatic carbocycles. The zero-order chi connectivity index (χ0) is 15.4. The van der Waals surface area contributed by atoms with E-state index in [1.165, 1.54) is 4.90 Å². The molecule has 21 heavy (non-hydrogen) atoms. The van der Waals surface area contributed by atoms with Crippen molar-refractivity contribution in [2.24, 2.45) is 0 Å². The normalized spacial score (nSPS) is 29.9. The summed E-state index contributed by atoms with van der Waals surface area (Å²) in [5, 5.41) is 0. The topological polar surface area (TPSA) is 60.9 Å². The summed E-state index contributed by atoms with van der Waals surface area (Å²) in [6, 6.07) is -2.17. The second kappa shape index (κ2) is 4.60. The highest BCUT2D eigenvalue weighted by Crippen LogP contribution is 2.32. The molecule has 3 fully saturated rings.